The van der Waals surface area contributed by atoms with Crippen LogP contribution in [0.25, 0.3) is 22.7 Å². The number of benzene rings is 2. The van der Waals surface area contributed by atoms with Gasteiger partial charge in [-0.1, -0.05) is 6.07 Å². The number of rotatable bonds is 4. The molecule has 0 aliphatic carbocycles. The van der Waals surface area contributed by atoms with E-state index >= 15 is 0 Å². The van der Waals surface area contributed by atoms with Gasteiger partial charge < -0.3 is 19.6 Å². The molecule has 1 heterocycles. The summed E-state index contributed by atoms with van der Waals surface area (Å²) >= 11 is 0. The molecular weight excluding hydrogens is 306 g/mol. The van der Waals surface area contributed by atoms with Crippen molar-refractivity contribution in [2.24, 2.45) is 0 Å². The molecule has 0 unspecified atom stereocenters. The first kappa shape index (κ1) is 15.4. The first-order valence-electron chi connectivity index (χ1n) is 7.17. The number of methoxy groups -OCH3 is 2. The Bertz CT molecular complexity index is 967. The summed E-state index contributed by atoms with van der Waals surface area (Å²) in [7, 11) is 3.07. The van der Waals surface area contributed by atoms with E-state index in [9.17, 15) is 10.4 Å². The number of hydrogen-bond donors (Lipinski definition) is 2. The Morgan fingerprint density at radius 3 is 2.71 bits per heavy atom. The molecule has 3 aromatic rings. The fourth-order valence-corrected chi connectivity index (χ4v) is 2.36. The van der Waals surface area contributed by atoms with Crippen molar-refractivity contribution in [3.05, 3.63) is 47.8 Å². The van der Waals surface area contributed by atoms with Crippen molar-refractivity contribution in [2.75, 3.05) is 14.2 Å². The smallest absolute Gasteiger partial charge is 0.160 e. The molecule has 0 fully saturated rings. The van der Waals surface area contributed by atoms with Gasteiger partial charge in [-0.25, -0.2) is 4.98 Å². The Morgan fingerprint density at radius 2 is 2.04 bits per heavy atom. The molecule has 0 bridgehead atoms. The molecule has 0 spiro atoms. The lowest BCUT2D eigenvalue weighted by Crippen LogP contribution is -1.86. The van der Waals surface area contributed by atoms with Crippen LogP contribution >= 0.6 is 0 Å². The zero-order valence-electron chi connectivity index (χ0n) is 13.2. The van der Waals surface area contributed by atoms with Crippen molar-refractivity contribution in [1.82, 2.24) is 9.97 Å². The largest absolute Gasteiger partial charge is 0.504 e. The molecule has 0 radical (unpaired) electrons. The van der Waals surface area contributed by atoms with Crippen molar-refractivity contribution in [3.8, 4) is 23.3 Å². The normalized spacial score (nSPS) is 11.3. The molecule has 3 rings (SSSR count). The number of nitrogens with zero attached hydrogens (tertiary/aromatic N) is 2. The maximum Gasteiger partial charge on any atom is 0.160 e. The van der Waals surface area contributed by atoms with Gasteiger partial charge >= 0.3 is 0 Å². The van der Waals surface area contributed by atoms with Crippen LogP contribution in [0.5, 0.6) is 17.2 Å². The Morgan fingerprint density at radius 1 is 1.21 bits per heavy atom. The van der Waals surface area contributed by atoms with Gasteiger partial charge in [-0.05, 0) is 35.9 Å². The lowest BCUT2D eigenvalue weighted by atomic mass is 10.1. The molecule has 6 nitrogen and oxygen atoms in total. The van der Waals surface area contributed by atoms with Crippen LogP contribution in [0.2, 0.25) is 0 Å². The zero-order valence-corrected chi connectivity index (χ0v) is 13.2. The molecule has 0 saturated carbocycles. The number of aromatic amines is 1. The van der Waals surface area contributed by atoms with E-state index in [0.29, 0.717) is 28.5 Å². The summed E-state index contributed by atoms with van der Waals surface area (Å²) < 4.78 is 10.2. The van der Waals surface area contributed by atoms with Crippen molar-refractivity contribution in [3.63, 3.8) is 0 Å². The maximum absolute atomic E-state index is 9.85. The van der Waals surface area contributed by atoms with Crippen molar-refractivity contribution in [1.29, 1.82) is 5.26 Å². The summed E-state index contributed by atoms with van der Waals surface area (Å²) in [6.45, 7) is 0. The number of allylic oxidation sites excluding steroid dienone is 1. The third kappa shape index (κ3) is 2.88. The lowest BCUT2D eigenvalue weighted by molar-refractivity contribution is 0.373. The van der Waals surface area contributed by atoms with Crippen molar-refractivity contribution >= 4 is 22.7 Å². The van der Waals surface area contributed by atoms with E-state index in [1.165, 1.54) is 13.2 Å². The summed E-state index contributed by atoms with van der Waals surface area (Å²) in [6, 6.07) is 12.5. The molecule has 0 saturated heterocycles. The maximum atomic E-state index is 9.85. The molecule has 0 aliphatic rings. The quantitative estimate of drug-likeness (QED) is 0.719. The van der Waals surface area contributed by atoms with E-state index in [1.807, 2.05) is 18.2 Å². The summed E-state index contributed by atoms with van der Waals surface area (Å²) in [5, 5.41) is 19.3. The van der Waals surface area contributed by atoms with Gasteiger partial charge in [0.25, 0.3) is 0 Å². The lowest BCUT2D eigenvalue weighted by Gasteiger charge is -2.03. The van der Waals surface area contributed by atoms with Crippen LogP contribution in [0.15, 0.2) is 36.4 Å². The number of aromatic nitrogens is 2. The zero-order chi connectivity index (χ0) is 17.1. The van der Waals surface area contributed by atoms with Gasteiger partial charge in [-0.15, -0.1) is 0 Å². The average molecular weight is 321 g/mol. The highest BCUT2D eigenvalue weighted by molar-refractivity contribution is 5.90. The van der Waals surface area contributed by atoms with E-state index in [-0.39, 0.29) is 5.75 Å². The second-order valence-electron chi connectivity index (χ2n) is 5.07. The Kier molecular flexibility index (Phi) is 4.08. The van der Waals surface area contributed by atoms with Crippen LogP contribution in [0, 0.1) is 11.3 Å². The molecule has 24 heavy (non-hydrogen) atoms. The highest BCUT2D eigenvalue weighted by Crippen LogP contribution is 2.28. The highest BCUT2D eigenvalue weighted by atomic mass is 16.5. The number of imidazole rings is 1. The third-order valence-corrected chi connectivity index (χ3v) is 3.58. The third-order valence-electron chi connectivity index (χ3n) is 3.58. The van der Waals surface area contributed by atoms with Gasteiger partial charge in [0.2, 0.25) is 0 Å². The molecule has 1 aromatic heterocycles. The van der Waals surface area contributed by atoms with E-state index in [4.69, 9.17) is 9.47 Å². The first-order valence-corrected chi connectivity index (χ1v) is 7.17. The first-order chi connectivity index (χ1) is 11.6. The molecule has 0 aliphatic heterocycles. The van der Waals surface area contributed by atoms with Gasteiger partial charge in [-0.3, -0.25) is 0 Å². The minimum atomic E-state index is 0.0119. The van der Waals surface area contributed by atoms with Crippen LogP contribution in [0.4, 0.5) is 0 Å². The number of hydrogen-bond acceptors (Lipinski definition) is 5. The number of nitriles is 1. The van der Waals surface area contributed by atoms with Crippen LogP contribution in [-0.4, -0.2) is 29.3 Å². The number of nitrogens with one attached hydrogen (secondary N) is 1. The second-order valence-corrected chi connectivity index (χ2v) is 5.07. The summed E-state index contributed by atoms with van der Waals surface area (Å²) in [5.74, 6) is 1.55. The van der Waals surface area contributed by atoms with Gasteiger partial charge in [0.15, 0.2) is 11.5 Å². The van der Waals surface area contributed by atoms with Crippen molar-refractivity contribution < 1.29 is 14.6 Å². The van der Waals surface area contributed by atoms with E-state index < -0.39 is 0 Å². The monoisotopic (exact) mass is 321 g/mol. The van der Waals surface area contributed by atoms with Gasteiger partial charge in [0.1, 0.15) is 17.6 Å². The Hall–Kier alpha value is -3.46. The van der Waals surface area contributed by atoms with Gasteiger partial charge in [0, 0.05) is 6.07 Å². The molecular formula is C18H15N3O3. The number of phenols is 1. The Labute approximate surface area is 138 Å². The van der Waals surface area contributed by atoms with E-state index in [0.717, 1.165) is 11.0 Å². The van der Waals surface area contributed by atoms with Gasteiger partial charge in [0.05, 0.1) is 30.8 Å². The SMILES string of the molecule is COc1ccc2nc(/C(C#N)=C\c3ccc(OC)c(O)c3)[nH]c2c1. The molecule has 2 N–H and O–H groups in total. The molecule has 0 amide bonds. The molecule has 2 aromatic carbocycles. The predicted octanol–water partition coefficient (Wildman–Crippen LogP) is 3.35. The Balaban J connectivity index is 2.02. The van der Waals surface area contributed by atoms with E-state index in [2.05, 4.69) is 16.0 Å². The number of phenolic OH excluding ortho intramolecular Hbond substituents is 1. The highest BCUT2D eigenvalue weighted by Gasteiger charge is 2.09. The van der Waals surface area contributed by atoms with Crippen LogP contribution < -0.4 is 9.47 Å². The predicted molar refractivity (Wildman–Crippen MR) is 90.8 cm³/mol. The number of H-pyrrole nitrogens is 1. The summed E-state index contributed by atoms with van der Waals surface area (Å²) in [6.07, 6.45) is 1.65. The van der Waals surface area contributed by atoms with Crippen LogP contribution in [0.3, 0.4) is 0 Å². The van der Waals surface area contributed by atoms with Crippen LogP contribution in [-0.2, 0) is 0 Å². The summed E-state index contributed by atoms with van der Waals surface area (Å²) in [5.41, 5.74) is 2.55. The summed E-state index contributed by atoms with van der Waals surface area (Å²) in [4.78, 5) is 7.53. The average Bonchev–Trinajstić information content (AvgIpc) is 3.02. The molecule has 6 heteroatoms. The topological polar surface area (TPSA) is 91.2 Å². The molecule has 0 atom stereocenters. The fraction of sp³-hybridized carbons (Fsp3) is 0.111. The number of fused-ring (bicyclic) bond motifs is 1. The van der Waals surface area contributed by atoms with Crippen LogP contribution in [0.1, 0.15) is 11.4 Å². The number of aromatic hydroxyl groups is 1. The van der Waals surface area contributed by atoms with E-state index in [1.54, 1.807) is 25.3 Å². The minimum absolute atomic E-state index is 0.0119. The standard InChI is InChI=1S/C18H15N3O3/c1-23-13-4-5-14-15(9-13)21-18(20-14)12(10-19)7-11-3-6-17(24-2)16(22)8-11/h3-9,22H,1-2H3,(H,20,21)/b12-7-. The number of ether oxygens (including phenoxy) is 2. The minimum Gasteiger partial charge on any atom is -0.504 e. The second kappa shape index (κ2) is 6.34. The van der Waals surface area contributed by atoms with Gasteiger partial charge in [-0.2, -0.15) is 5.26 Å². The fourth-order valence-electron chi connectivity index (χ4n) is 2.36. The molecule has 120 valence electrons. The van der Waals surface area contributed by atoms with Crippen molar-refractivity contribution in [2.45, 2.75) is 0 Å².